The average Bonchev–Trinajstić information content (AvgIpc) is 3.09. The van der Waals surface area contributed by atoms with Gasteiger partial charge in [-0.25, -0.2) is 4.79 Å². The minimum atomic E-state index is -1.04. The van der Waals surface area contributed by atoms with Crippen LogP contribution in [-0.2, 0) is 4.79 Å². The number of thiocarbonyl (C=S) groups is 1. The number of amides is 1. The zero-order valence-electron chi connectivity index (χ0n) is 12.0. The smallest absolute Gasteiger partial charge is 0.335 e. The largest absolute Gasteiger partial charge is 0.478 e. The molecule has 3 rings (SSSR count). The van der Waals surface area contributed by atoms with Crippen molar-refractivity contribution in [3.05, 3.63) is 56.6 Å². The van der Waals surface area contributed by atoms with Crippen LogP contribution in [0, 0.1) is 6.92 Å². The van der Waals surface area contributed by atoms with Gasteiger partial charge in [-0.15, -0.1) is 11.3 Å². The van der Waals surface area contributed by atoms with Gasteiger partial charge in [-0.1, -0.05) is 36.1 Å². The number of carbonyl (C=O) groups is 2. The lowest BCUT2D eigenvalue weighted by atomic mass is 10.1. The summed E-state index contributed by atoms with van der Waals surface area (Å²) in [6.07, 6.45) is 1.81. The maximum absolute atomic E-state index is 12.7. The van der Waals surface area contributed by atoms with Crippen LogP contribution >= 0.6 is 35.3 Å². The second-order valence-electron chi connectivity index (χ2n) is 4.84. The van der Waals surface area contributed by atoms with Crippen molar-refractivity contribution < 1.29 is 14.7 Å². The molecule has 0 aliphatic carbocycles. The quantitative estimate of drug-likeness (QED) is 0.657. The Bertz CT molecular complexity index is 840. The van der Waals surface area contributed by atoms with Gasteiger partial charge in [0.1, 0.15) is 0 Å². The predicted octanol–water partition coefficient (Wildman–Crippen LogP) is 4.16. The maximum atomic E-state index is 12.7. The van der Waals surface area contributed by atoms with Crippen LogP contribution in [0.1, 0.15) is 20.8 Å². The van der Waals surface area contributed by atoms with Gasteiger partial charge in [0.15, 0.2) is 4.32 Å². The van der Waals surface area contributed by atoms with Crippen molar-refractivity contribution >= 4 is 63.3 Å². The number of benzene rings is 1. The van der Waals surface area contributed by atoms with Crippen LogP contribution < -0.4 is 4.90 Å². The van der Waals surface area contributed by atoms with Gasteiger partial charge in [-0.2, -0.15) is 0 Å². The van der Waals surface area contributed by atoms with E-state index < -0.39 is 5.97 Å². The molecule has 116 valence electrons. The number of aryl methyl sites for hydroxylation is 1. The molecule has 2 aromatic rings. The molecule has 1 aromatic carbocycles. The number of nitrogens with zero attached hydrogens (tertiary/aromatic N) is 1. The van der Waals surface area contributed by atoms with Crippen LogP contribution in [0.4, 0.5) is 5.69 Å². The molecule has 0 radical (unpaired) electrons. The van der Waals surface area contributed by atoms with Gasteiger partial charge in [-0.05, 0) is 42.1 Å². The Hall–Kier alpha value is -1.96. The summed E-state index contributed by atoms with van der Waals surface area (Å²) in [7, 11) is 0. The lowest BCUT2D eigenvalue weighted by molar-refractivity contribution is -0.113. The topological polar surface area (TPSA) is 57.6 Å². The van der Waals surface area contributed by atoms with E-state index in [1.54, 1.807) is 12.1 Å². The first-order chi connectivity index (χ1) is 11.0. The van der Waals surface area contributed by atoms with E-state index in [0.717, 1.165) is 10.4 Å². The first-order valence-electron chi connectivity index (χ1n) is 6.63. The van der Waals surface area contributed by atoms with Crippen molar-refractivity contribution in [1.29, 1.82) is 0 Å². The number of anilines is 1. The highest BCUT2D eigenvalue weighted by atomic mass is 32.2. The average molecular weight is 361 g/mol. The summed E-state index contributed by atoms with van der Waals surface area (Å²) in [6.45, 7) is 1.82. The number of hydrogen-bond donors (Lipinski definition) is 1. The number of thioether (sulfide) groups is 1. The number of aromatic carboxylic acids is 1. The lowest BCUT2D eigenvalue weighted by Gasteiger charge is -2.17. The van der Waals surface area contributed by atoms with Crippen molar-refractivity contribution in [2.75, 3.05) is 4.90 Å². The molecule has 1 aliphatic heterocycles. The molecule has 4 nitrogen and oxygen atoms in total. The third-order valence-electron chi connectivity index (χ3n) is 3.31. The third-order valence-corrected chi connectivity index (χ3v) is 5.43. The molecule has 0 atom stereocenters. The van der Waals surface area contributed by atoms with Gasteiger partial charge >= 0.3 is 5.97 Å². The fourth-order valence-electron chi connectivity index (χ4n) is 2.16. The predicted molar refractivity (Wildman–Crippen MR) is 98.1 cm³/mol. The highest BCUT2D eigenvalue weighted by Gasteiger charge is 2.34. The SMILES string of the molecule is Cc1ccc(C(=O)O)cc1N1C(=O)C(=Cc2cccs2)SC1=S. The van der Waals surface area contributed by atoms with Crippen LogP contribution in [0.2, 0.25) is 0 Å². The van der Waals surface area contributed by atoms with E-state index in [2.05, 4.69) is 0 Å². The third kappa shape index (κ3) is 3.08. The van der Waals surface area contributed by atoms with E-state index in [1.807, 2.05) is 24.4 Å². The summed E-state index contributed by atoms with van der Waals surface area (Å²) in [4.78, 5) is 26.8. The Morgan fingerprint density at radius 3 is 2.78 bits per heavy atom. The molecule has 0 saturated carbocycles. The van der Waals surface area contributed by atoms with Crippen molar-refractivity contribution in [1.82, 2.24) is 0 Å². The van der Waals surface area contributed by atoms with Crippen LogP contribution in [0.3, 0.4) is 0 Å². The van der Waals surface area contributed by atoms with Gasteiger partial charge in [-0.3, -0.25) is 9.69 Å². The molecule has 1 N–H and O–H groups in total. The summed E-state index contributed by atoms with van der Waals surface area (Å²) in [6, 6.07) is 8.52. The molecule has 0 spiro atoms. The number of hydrogen-bond acceptors (Lipinski definition) is 5. The highest BCUT2D eigenvalue weighted by molar-refractivity contribution is 8.27. The monoisotopic (exact) mass is 361 g/mol. The van der Waals surface area contributed by atoms with E-state index in [-0.39, 0.29) is 11.5 Å². The minimum Gasteiger partial charge on any atom is -0.478 e. The maximum Gasteiger partial charge on any atom is 0.335 e. The normalized spacial score (nSPS) is 16.4. The first kappa shape index (κ1) is 15.9. The second-order valence-corrected chi connectivity index (χ2v) is 7.49. The fourth-order valence-corrected chi connectivity index (χ4v) is 4.17. The minimum absolute atomic E-state index is 0.127. The summed E-state index contributed by atoms with van der Waals surface area (Å²) in [5, 5.41) is 11.1. The standard InChI is InChI=1S/C16H11NO3S3/c1-9-4-5-10(15(19)20)7-12(9)17-14(18)13(23-16(17)21)8-11-3-2-6-22-11/h2-8H,1H3,(H,19,20). The van der Waals surface area contributed by atoms with E-state index in [9.17, 15) is 9.59 Å². The Labute approximate surface area is 146 Å². The number of carbonyl (C=O) groups excluding carboxylic acids is 1. The Morgan fingerprint density at radius 2 is 2.13 bits per heavy atom. The Morgan fingerprint density at radius 1 is 1.35 bits per heavy atom. The van der Waals surface area contributed by atoms with Gasteiger partial charge in [0, 0.05) is 4.88 Å². The summed E-state index contributed by atoms with van der Waals surface area (Å²) in [5.41, 5.74) is 1.44. The second kappa shape index (κ2) is 6.27. The highest BCUT2D eigenvalue weighted by Crippen LogP contribution is 2.38. The molecule has 1 saturated heterocycles. The zero-order valence-corrected chi connectivity index (χ0v) is 14.4. The summed E-state index contributed by atoms with van der Waals surface area (Å²) in [5.74, 6) is -1.26. The van der Waals surface area contributed by atoms with Gasteiger partial charge in [0.05, 0.1) is 16.2 Å². The molecule has 0 unspecified atom stereocenters. The van der Waals surface area contributed by atoms with Crippen molar-refractivity contribution in [3.8, 4) is 0 Å². The van der Waals surface area contributed by atoms with E-state index in [0.29, 0.717) is 14.9 Å². The first-order valence-corrected chi connectivity index (χ1v) is 8.73. The zero-order chi connectivity index (χ0) is 16.6. The van der Waals surface area contributed by atoms with Crippen LogP contribution in [0.5, 0.6) is 0 Å². The van der Waals surface area contributed by atoms with Gasteiger partial charge in [0.25, 0.3) is 5.91 Å². The van der Waals surface area contributed by atoms with Gasteiger partial charge in [0.2, 0.25) is 0 Å². The van der Waals surface area contributed by atoms with E-state index >= 15 is 0 Å². The molecule has 1 aromatic heterocycles. The molecule has 0 bridgehead atoms. The number of carboxylic acids is 1. The molecule has 1 amide bonds. The lowest BCUT2D eigenvalue weighted by Crippen LogP contribution is -2.28. The fraction of sp³-hybridized carbons (Fsp3) is 0.0625. The van der Waals surface area contributed by atoms with Crippen LogP contribution in [-0.4, -0.2) is 21.3 Å². The van der Waals surface area contributed by atoms with Crippen molar-refractivity contribution in [2.45, 2.75) is 6.92 Å². The molecule has 2 heterocycles. The summed E-state index contributed by atoms with van der Waals surface area (Å²) >= 11 is 8.09. The van der Waals surface area contributed by atoms with Crippen molar-refractivity contribution in [3.63, 3.8) is 0 Å². The molecule has 1 fully saturated rings. The van der Waals surface area contributed by atoms with E-state index in [4.69, 9.17) is 17.3 Å². The van der Waals surface area contributed by atoms with Gasteiger partial charge < -0.3 is 5.11 Å². The number of thiophene rings is 1. The van der Waals surface area contributed by atoms with Crippen LogP contribution in [0.15, 0.2) is 40.6 Å². The molecule has 1 aliphatic rings. The number of rotatable bonds is 3. The molecule has 7 heteroatoms. The van der Waals surface area contributed by atoms with Crippen molar-refractivity contribution in [2.24, 2.45) is 0 Å². The molecule has 23 heavy (non-hydrogen) atoms. The van der Waals surface area contributed by atoms with Crippen LogP contribution in [0.25, 0.3) is 6.08 Å². The molecular weight excluding hydrogens is 350 g/mol. The van der Waals surface area contributed by atoms with E-state index in [1.165, 1.54) is 40.1 Å². The summed E-state index contributed by atoms with van der Waals surface area (Å²) < 4.78 is 0.406. The Kier molecular flexibility index (Phi) is 4.34. The number of carboxylic acid groups (broad SMARTS) is 1. The molecular formula is C16H11NO3S3. The Balaban J connectivity index is 2.01.